The summed E-state index contributed by atoms with van der Waals surface area (Å²) in [4.78, 5) is 0. The highest BCUT2D eigenvalue weighted by Crippen LogP contribution is 2.32. The molecular formula is C11H11F3. The molecule has 2 rings (SSSR count). The van der Waals surface area contributed by atoms with Crippen molar-refractivity contribution in [2.75, 3.05) is 0 Å². The second-order valence-electron chi connectivity index (χ2n) is 3.51. The van der Waals surface area contributed by atoms with Crippen molar-refractivity contribution in [3.05, 3.63) is 34.9 Å². The standard InChI is InChI=1S/C11H11F3/c12-11(13,14)10-6-5-8-3-1-2-4-9(8)7-10/h5-7H,1-4H2/i1D. The lowest BCUT2D eigenvalue weighted by Crippen LogP contribution is -2.09. The first-order valence-electron chi connectivity index (χ1n) is 5.16. The minimum atomic E-state index is -4.26. The maximum atomic E-state index is 12.4. The Bertz CT molecular complexity index is 371. The Kier molecular flexibility index (Phi) is 1.96. The van der Waals surface area contributed by atoms with Gasteiger partial charge in [0, 0.05) is 1.37 Å². The predicted octanol–water partition coefficient (Wildman–Crippen LogP) is 3.58. The highest BCUT2D eigenvalue weighted by atomic mass is 19.4. The SMILES string of the molecule is [2H]C1CCc2cc(C(F)(F)F)ccc2C1. The molecule has 1 aliphatic carbocycles. The van der Waals surface area contributed by atoms with E-state index in [0.717, 1.165) is 17.2 Å². The fraction of sp³-hybridized carbons (Fsp3) is 0.455. The molecule has 0 nitrogen and oxygen atoms in total. The van der Waals surface area contributed by atoms with Crippen molar-refractivity contribution in [2.24, 2.45) is 0 Å². The van der Waals surface area contributed by atoms with E-state index in [1.54, 1.807) is 0 Å². The molecule has 1 aromatic carbocycles. The van der Waals surface area contributed by atoms with Crippen LogP contribution in [0.4, 0.5) is 13.2 Å². The highest BCUT2D eigenvalue weighted by Gasteiger charge is 2.31. The zero-order valence-electron chi connectivity index (χ0n) is 8.56. The molecule has 0 aromatic heterocycles. The summed E-state index contributed by atoms with van der Waals surface area (Å²) in [5.74, 6) is 0. The van der Waals surface area contributed by atoms with E-state index in [1.165, 1.54) is 12.1 Å². The third-order valence-corrected chi connectivity index (χ3v) is 2.52. The van der Waals surface area contributed by atoms with E-state index >= 15 is 0 Å². The average Bonchev–Trinajstić information content (AvgIpc) is 2.15. The zero-order chi connectivity index (χ0) is 11.1. The van der Waals surface area contributed by atoms with E-state index < -0.39 is 11.7 Å². The molecule has 0 saturated carbocycles. The zero-order valence-corrected chi connectivity index (χ0v) is 7.56. The van der Waals surface area contributed by atoms with Gasteiger partial charge in [0.2, 0.25) is 0 Å². The molecule has 0 saturated heterocycles. The summed E-state index contributed by atoms with van der Waals surface area (Å²) < 4.78 is 44.7. The van der Waals surface area contributed by atoms with Crippen LogP contribution in [-0.4, -0.2) is 0 Å². The van der Waals surface area contributed by atoms with Crippen LogP contribution >= 0.6 is 0 Å². The highest BCUT2D eigenvalue weighted by molar-refractivity contribution is 5.34. The molecule has 0 N–H and O–H groups in total. The van der Waals surface area contributed by atoms with Gasteiger partial charge in [0.25, 0.3) is 0 Å². The molecule has 14 heavy (non-hydrogen) atoms. The van der Waals surface area contributed by atoms with Gasteiger partial charge in [-0.1, -0.05) is 6.07 Å². The summed E-state index contributed by atoms with van der Waals surface area (Å²) in [6.45, 7) is 0. The smallest absolute Gasteiger partial charge is 0.166 e. The number of fused-ring (bicyclic) bond motifs is 1. The molecule has 3 heteroatoms. The van der Waals surface area contributed by atoms with E-state index in [-0.39, 0.29) is 6.40 Å². The van der Waals surface area contributed by atoms with Crippen LogP contribution in [0.25, 0.3) is 0 Å². The van der Waals surface area contributed by atoms with Crippen LogP contribution in [0, 0.1) is 0 Å². The van der Waals surface area contributed by atoms with Gasteiger partial charge in [0.05, 0.1) is 5.56 Å². The summed E-state index contributed by atoms with van der Waals surface area (Å²) in [6, 6.07) is 3.84. The van der Waals surface area contributed by atoms with Crippen LogP contribution < -0.4 is 0 Å². The lowest BCUT2D eigenvalue weighted by molar-refractivity contribution is -0.137. The van der Waals surface area contributed by atoms with Gasteiger partial charge in [-0.3, -0.25) is 0 Å². The molecule has 0 amide bonds. The molecule has 0 radical (unpaired) electrons. The maximum Gasteiger partial charge on any atom is 0.416 e. The van der Waals surface area contributed by atoms with Gasteiger partial charge in [0.1, 0.15) is 0 Å². The summed E-state index contributed by atoms with van der Waals surface area (Å²) in [6.07, 6.45) is -2.59. The molecule has 1 aromatic rings. The molecule has 0 aliphatic heterocycles. The molecule has 1 unspecified atom stereocenters. The molecule has 0 heterocycles. The van der Waals surface area contributed by atoms with Crippen LogP contribution in [0.3, 0.4) is 0 Å². The van der Waals surface area contributed by atoms with Crippen molar-refractivity contribution >= 4 is 0 Å². The van der Waals surface area contributed by atoms with Crippen molar-refractivity contribution in [3.8, 4) is 0 Å². The van der Waals surface area contributed by atoms with E-state index in [1.807, 2.05) is 0 Å². The molecule has 0 fully saturated rings. The molecule has 1 atom stereocenters. The Hall–Kier alpha value is -0.990. The lowest BCUT2D eigenvalue weighted by Gasteiger charge is -2.17. The number of aryl methyl sites for hydroxylation is 2. The van der Waals surface area contributed by atoms with Gasteiger partial charge < -0.3 is 0 Å². The second-order valence-corrected chi connectivity index (χ2v) is 3.51. The number of benzene rings is 1. The largest absolute Gasteiger partial charge is 0.416 e. The van der Waals surface area contributed by atoms with Crippen molar-refractivity contribution in [3.63, 3.8) is 0 Å². The van der Waals surface area contributed by atoms with Crippen LogP contribution in [-0.2, 0) is 19.0 Å². The topological polar surface area (TPSA) is 0 Å². The summed E-state index contributed by atoms with van der Waals surface area (Å²) in [5, 5.41) is 0. The van der Waals surface area contributed by atoms with Gasteiger partial charge in [0.15, 0.2) is 0 Å². The van der Waals surface area contributed by atoms with Gasteiger partial charge in [-0.15, -0.1) is 0 Å². The minimum Gasteiger partial charge on any atom is -0.166 e. The Labute approximate surface area is 82.2 Å². The Morgan fingerprint density at radius 2 is 1.93 bits per heavy atom. The maximum absolute atomic E-state index is 12.4. The van der Waals surface area contributed by atoms with E-state index in [9.17, 15) is 13.2 Å². The Morgan fingerprint density at radius 3 is 2.64 bits per heavy atom. The fourth-order valence-corrected chi connectivity index (χ4v) is 1.75. The number of rotatable bonds is 0. The van der Waals surface area contributed by atoms with E-state index in [2.05, 4.69) is 0 Å². The van der Waals surface area contributed by atoms with E-state index in [4.69, 9.17) is 1.37 Å². The minimum absolute atomic E-state index is 0.158. The number of halogens is 3. The average molecular weight is 201 g/mol. The van der Waals surface area contributed by atoms with Crippen LogP contribution in [0.1, 0.15) is 30.9 Å². The number of hydrogen-bond donors (Lipinski definition) is 0. The third-order valence-electron chi connectivity index (χ3n) is 2.52. The molecular weight excluding hydrogens is 189 g/mol. The van der Waals surface area contributed by atoms with E-state index in [0.29, 0.717) is 19.3 Å². The third kappa shape index (κ3) is 1.76. The normalized spacial score (nSPS) is 22.8. The quantitative estimate of drug-likeness (QED) is 0.601. The van der Waals surface area contributed by atoms with Crippen molar-refractivity contribution in [1.82, 2.24) is 0 Å². The van der Waals surface area contributed by atoms with Crippen molar-refractivity contribution in [2.45, 2.75) is 31.8 Å². The summed E-state index contributed by atoms with van der Waals surface area (Å²) in [7, 11) is 0. The Balaban J connectivity index is 2.35. The summed E-state index contributed by atoms with van der Waals surface area (Å²) in [5.41, 5.74) is 1.08. The summed E-state index contributed by atoms with van der Waals surface area (Å²) >= 11 is 0. The van der Waals surface area contributed by atoms with Crippen LogP contribution in [0.2, 0.25) is 0 Å². The predicted molar refractivity (Wildman–Crippen MR) is 48.1 cm³/mol. The fourth-order valence-electron chi connectivity index (χ4n) is 1.75. The van der Waals surface area contributed by atoms with Crippen LogP contribution in [0.5, 0.6) is 0 Å². The first-order chi connectivity index (χ1) is 6.97. The molecule has 0 spiro atoms. The Morgan fingerprint density at radius 1 is 1.14 bits per heavy atom. The molecule has 1 aliphatic rings. The monoisotopic (exact) mass is 201 g/mol. The van der Waals surface area contributed by atoms with Crippen LogP contribution in [0.15, 0.2) is 18.2 Å². The number of hydrogen-bond acceptors (Lipinski definition) is 0. The van der Waals surface area contributed by atoms with Gasteiger partial charge in [-0.05, 0) is 48.9 Å². The van der Waals surface area contributed by atoms with Gasteiger partial charge >= 0.3 is 6.18 Å². The van der Waals surface area contributed by atoms with Crippen molar-refractivity contribution in [1.29, 1.82) is 0 Å². The van der Waals surface area contributed by atoms with Gasteiger partial charge in [-0.25, -0.2) is 0 Å². The molecule has 0 bridgehead atoms. The first kappa shape index (κ1) is 8.33. The second kappa shape index (κ2) is 3.30. The lowest BCUT2D eigenvalue weighted by atomic mass is 9.90. The first-order valence-corrected chi connectivity index (χ1v) is 4.58. The van der Waals surface area contributed by atoms with Crippen molar-refractivity contribution < 1.29 is 14.5 Å². The molecule has 76 valence electrons. The van der Waals surface area contributed by atoms with Gasteiger partial charge in [-0.2, -0.15) is 13.2 Å². The number of alkyl halides is 3.